The van der Waals surface area contributed by atoms with E-state index in [0.717, 1.165) is 5.82 Å². The number of carbonyl (C=O) groups is 2. The van der Waals surface area contributed by atoms with Crippen LogP contribution >= 0.6 is 0 Å². The first-order valence-electron chi connectivity index (χ1n) is 6.80. The summed E-state index contributed by atoms with van der Waals surface area (Å²) < 4.78 is 0. The summed E-state index contributed by atoms with van der Waals surface area (Å²) in [5.74, 6) is -0.362. The molecule has 1 aromatic heterocycles. The van der Waals surface area contributed by atoms with Crippen molar-refractivity contribution in [2.45, 2.75) is 32.7 Å². The van der Waals surface area contributed by atoms with E-state index in [-0.39, 0.29) is 18.9 Å². The number of aliphatic carboxylic acids is 1. The average molecular weight is 293 g/mol. The minimum absolute atomic E-state index is 0.0772. The monoisotopic (exact) mass is 293 g/mol. The van der Waals surface area contributed by atoms with Crippen LogP contribution in [0, 0.1) is 0 Å². The maximum absolute atomic E-state index is 12.6. The summed E-state index contributed by atoms with van der Waals surface area (Å²) in [5.41, 5.74) is 0.00755. The molecule has 0 atom stereocenters. The molecule has 6 nitrogen and oxygen atoms in total. The lowest BCUT2D eigenvalue weighted by atomic mass is 10.0. The van der Waals surface area contributed by atoms with Crippen LogP contribution in [-0.4, -0.2) is 53.0 Å². The molecule has 1 heterocycles. The van der Waals surface area contributed by atoms with Crippen LogP contribution in [0.3, 0.4) is 0 Å². The Balaban J connectivity index is 2.96. The van der Waals surface area contributed by atoms with Gasteiger partial charge in [0, 0.05) is 32.4 Å². The second-order valence-electron chi connectivity index (χ2n) is 6.07. The molecule has 0 unspecified atom stereocenters. The van der Waals surface area contributed by atoms with Gasteiger partial charge in [-0.2, -0.15) is 0 Å². The first kappa shape index (κ1) is 16.9. The van der Waals surface area contributed by atoms with E-state index in [1.807, 2.05) is 39.8 Å². The third kappa shape index (κ3) is 4.73. The number of carboxylic acid groups (broad SMARTS) is 1. The van der Waals surface area contributed by atoms with Crippen molar-refractivity contribution < 1.29 is 14.7 Å². The van der Waals surface area contributed by atoms with E-state index >= 15 is 0 Å². The number of aromatic nitrogens is 1. The smallest absolute Gasteiger partial charge is 0.305 e. The van der Waals surface area contributed by atoms with Crippen LogP contribution in [0.25, 0.3) is 0 Å². The number of nitrogens with zero attached hydrogens (tertiary/aromatic N) is 3. The van der Waals surface area contributed by atoms with Gasteiger partial charge in [0.05, 0.1) is 12.0 Å². The highest BCUT2D eigenvalue weighted by Crippen LogP contribution is 2.18. The van der Waals surface area contributed by atoms with Crippen molar-refractivity contribution >= 4 is 17.7 Å². The Morgan fingerprint density at radius 3 is 2.24 bits per heavy atom. The molecule has 0 bridgehead atoms. The predicted octanol–water partition coefficient (Wildman–Crippen LogP) is 1.86. The lowest BCUT2D eigenvalue weighted by Gasteiger charge is -2.35. The van der Waals surface area contributed by atoms with Crippen LogP contribution in [0.1, 0.15) is 37.6 Å². The van der Waals surface area contributed by atoms with Gasteiger partial charge in [-0.1, -0.05) is 0 Å². The van der Waals surface area contributed by atoms with E-state index in [2.05, 4.69) is 4.98 Å². The van der Waals surface area contributed by atoms with Gasteiger partial charge in [0.15, 0.2) is 0 Å². The zero-order valence-corrected chi connectivity index (χ0v) is 13.3. The second kappa shape index (κ2) is 6.56. The molecular weight excluding hydrogens is 270 g/mol. The van der Waals surface area contributed by atoms with Crippen molar-refractivity contribution in [3.8, 4) is 0 Å². The van der Waals surface area contributed by atoms with Gasteiger partial charge in [-0.25, -0.2) is 4.98 Å². The van der Waals surface area contributed by atoms with Crippen LogP contribution < -0.4 is 4.90 Å². The Labute approximate surface area is 125 Å². The maximum atomic E-state index is 12.6. The summed E-state index contributed by atoms with van der Waals surface area (Å²) in [5, 5.41) is 8.82. The standard InChI is InChI=1S/C15H23N3O3/c1-15(2,3)18(9-8-13(19)20)14(21)11-6-7-12(16-10-11)17(4)5/h6-7,10H,8-9H2,1-5H3,(H,19,20). The van der Waals surface area contributed by atoms with Crippen LogP contribution in [0.2, 0.25) is 0 Å². The Hall–Kier alpha value is -2.11. The number of carbonyl (C=O) groups excluding carboxylic acids is 1. The quantitative estimate of drug-likeness (QED) is 0.897. The molecule has 6 heteroatoms. The lowest BCUT2D eigenvalue weighted by molar-refractivity contribution is -0.137. The van der Waals surface area contributed by atoms with Crippen molar-refractivity contribution in [1.29, 1.82) is 0 Å². The highest BCUT2D eigenvalue weighted by molar-refractivity contribution is 5.94. The Bertz CT molecular complexity index is 504. The zero-order valence-electron chi connectivity index (χ0n) is 13.3. The molecule has 0 radical (unpaired) electrons. The fraction of sp³-hybridized carbons (Fsp3) is 0.533. The van der Waals surface area contributed by atoms with Crippen LogP contribution in [0.4, 0.5) is 5.82 Å². The molecule has 0 saturated heterocycles. The molecule has 0 aliphatic heterocycles. The van der Waals surface area contributed by atoms with Crippen molar-refractivity contribution in [3.05, 3.63) is 23.9 Å². The van der Waals surface area contributed by atoms with Crippen LogP contribution in [-0.2, 0) is 4.79 Å². The lowest BCUT2D eigenvalue weighted by Crippen LogP contribution is -2.46. The molecule has 0 fully saturated rings. The Morgan fingerprint density at radius 1 is 1.24 bits per heavy atom. The van der Waals surface area contributed by atoms with Gasteiger partial charge in [-0.15, -0.1) is 0 Å². The summed E-state index contributed by atoms with van der Waals surface area (Å²) in [6.45, 7) is 5.82. The summed E-state index contributed by atoms with van der Waals surface area (Å²) in [6.07, 6.45) is 1.45. The first-order valence-corrected chi connectivity index (χ1v) is 6.80. The molecule has 0 aromatic carbocycles. The number of carboxylic acids is 1. The molecule has 21 heavy (non-hydrogen) atoms. The zero-order chi connectivity index (χ0) is 16.2. The van der Waals surface area contributed by atoms with Crippen molar-refractivity contribution in [1.82, 2.24) is 9.88 Å². The van der Waals surface area contributed by atoms with Gasteiger partial charge in [-0.3, -0.25) is 9.59 Å². The topological polar surface area (TPSA) is 73.7 Å². The van der Waals surface area contributed by atoms with Gasteiger partial charge in [0.1, 0.15) is 5.82 Å². The maximum Gasteiger partial charge on any atom is 0.305 e. The van der Waals surface area contributed by atoms with Gasteiger partial charge >= 0.3 is 5.97 Å². The van der Waals surface area contributed by atoms with Gasteiger partial charge in [-0.05, 0) is 32.9 Å². The number of amides is 1. The van der Waals surface area contributed by atoms with E-state index in [9.17, 15) is 9.59 Å². The third-order valence-corrected chi connectivity index (χ3v) is 3.06. The molecule has 116 valence electrons. The van der Waals surface area contributed by atoms with Crippen molar-refractivity contribution in [3.63, 3.8) is 0 Å². The number of hydrogen-bond donors (Lipinski definition) is 1. The van der Waals surface area contributed by atoms with E-state index in [1.54, 1.807) is 17.0 Å². The molecule has 1 amide bonds. The molecule has 0 saturated carbocycles. The van der Waals surface area contributed by atoms with Crippen LogP contribution in [0.5, 0.6) is 0 Å². The number of rotatable bonds is 5. The van der Waals surface area contributed by atoms with Crippen molar-refractivity contribution in [2.24, 2.45) is 0 Å². The van der Waals surface area contributed by atoms with Gasteiger partial charge < -0.3 is 14.9 Å². The predicted molar refractivity (Wildman–Crippen MR) is 81.6 cm³/mol. The van der Waals surface area contributed by atoms with E-state index < -0.39 is 11.5 Å². The highest BCUT2D eigenvalue weighted by atomic mass is 16.4. The normalized spacial score (nSPS) is 11.1. The fourth-order valence-electron chi connectivity index (χ4n) is 1.88. The summed E-state index contributed by atoms with van der Waals surface area (Å²) in [6, 6.07) is 3.48. The van der Waals surface area contributed by atoms with Gasteiger partial charge in [0.2, 0.25) is 0 Å². The van der Waals surface area contributed by atoms with E-state index in [0.29, 0.717) is 5.56 Å². The number of pyridine rings is 1. The molecular formula is C15H23N3O3. The largest absolute Gasteiger partial charge is 0.481 e. The second-order valence-corrected chi connectivity index (χ2v) is 6.07. The van der Waals surface area contributed by atoms with Crippen LogP contribution in [0.15, 0.2) is 18.3 Å². The average Bonchev–Trinajstić information content (AvgIpc) is 2.36. The molecule has 1 rings (SSSR count). The molecule has 1 aromatic rings. The van der Waals surface area contributed by atoms with Gasteiger partial charge in [0.25, 0.3) is 5.91 Å². The third-order valence-electron chi connectivity index (χ3n) is 3.06. The molecule has 0 aliphatic rings. The summed E-state index contributed by atoms with van der Waals surface area (Å²) >= 11 is 0. The molecule has 1 N–H and O–H groups in total. The minimum Gasteiger partial charge on any atom is -0.481 e. The summed E-state index contributed by atoms with van der Waals surface area (Å²) in [4.78, 5) is 30.9. The Morgan fingerprint density at radius 2 is 1.86 bits per heavy atom. The fourth-order valence-corrected chi connectivity index (χ4v) is 1.88. The van der Waals surface area contributed by atoms with Crippen molar-refractivity contribution in [2.75, 3.05) is 25.5 Å². The molecule has 0 aliphatic carbocycles. The minimum atomic E-state index is -0.918. The molecule has 0 spiro atoms. The SMILES string of the molecule is CN(C)c1ccc(C(=O)N(CCC(=O)O)C(C)(C)C)cn1. The number of anilines is 1. The highest BCUT2D eigenvalue weighted by Gasteiger charge is 2.27. The number of hydrogen-bond acceptors (Lipinski definition) is 4. The first-order chi connectivity index (χ1) is 9.62. The van der Waals surface area contributed by atoms with E-state index in [4.69, 9.17) is 5.11 Å². The van der Waals surface area contributed by atoms with E-state index in [1.165, 1.54) is 6.20 Å². The summed E-state index contributed by atoms with van der Waals surface area (Å²) in [7, 11) is 3.75. The Kier molecular flexibility index (Phi) is 5.29.